The van der Waals surface area contributed by atoms with E-state index in [9.17, 15) is 4.79 Å². The van der Waals surface area contributed by atoms with E-state index in [1.807, 2.05) is 13.0 Å². The first-order chi connectivity index (χ1) is 9.12. The van der Waals surface area contributed by atoms with Gasteiger partial charge in [0.25, 0.3) is 0 Å². The molecule has 0 saturated heterocycles. The highest BCUT2D eigenvalue weighted by Gasteiger charge is 2.14. The minimum Gasteiger partial charge on any atom is -0.493 e. The van der Waals surface area contributed by atoms with Crippen molar-refractivity contribution in [2.75, 3.05) is 20.3 Å². The predicted octanol–water partition coefficient (Wildman–Crippen LogP) is 1.33. The van der Waals surface area contributed by atoms with Crippen LogP contribution in [0.1, 0.15) is 18.5 Å². The van der Waals surface area contributed by atoms with Gasteiger partial charge in [0.05, 0.1) is 26.3 Å². The number of methoxy groups -OCH3 is 1. The van der Waals surface area contributed by atoms with Crippen molar-refractivity contribution < 1.29 is 19.4 Å². The van der Waals surface area contributed by atoms with Gasteiger partial charge in [0.1, 0.15) is 6.04 Å². The molecule has 0 aliphatic carbocycles. The molecule has 0 aliphatic rings. The number of hydrogen-bond acceptors (Lipinski definition) is 5. The Kier molecular flexibility index (Phi) is 5.64. The Bertz CT molecular complexity index is 482. The second-order valence-corrected chi connectivity index (χ2v) is 3.68. The van der Waals surface area contributed by atoms with Gasteiger partial charge in [-0.15, -0.1) is 0 Å². The molecular weight excluding hydrogens is 248 g/mol. The van der Waals surface area contributed by atoms with Gasteiger partial charge in [-0.05, 0) is 24.6 Å². The summed E-state index contributed by atoms with van der Waals surface area (Å²) in [4.78, 5) is 10.5. The van der Waals surface area contributed by atoms with Crippen LogP contribution in [-0.2, 0) is 4.79 Å². The molecule has 0 fully saturated rings. The van der Waals surface area contributed by atoms with Crippen molar-refractivity contribution >= 4 is 5.97 Å². The highest BCUT2D eigenvalue weighted by molar-refractivity contribution is 5.69. The number of benzene rings is 1. The van der Waals surface area contributed by atoms with E-state index in [0.29, 0.717) is 23.7 Å². The van der Waals surface area contributed by atoms with Gasteiger partial charge in [-0.1, -0.05) is 6.07 Å². The van der Waals surface area contributed by atoms with E-state index >= 15 is 0 Å². The number of aliphatic carboxylic acids is 1. The summed E-state index contributed by atoms with van der Waals surface area (Å²) in [5.41, 5.74) is 0.629. The molecule has 1 aromatic rings. The Balaban J connectivity index is 2.93. The summed E-state index contributed by atoms with van der Waals surface area (Å²) in [7, 11) is 1.51. The number of carbonyl (C=O) groups is 1. The highest BCUT2D eigenvalue weighted by Crippen LogP contribution is 2.30. The molecule has 6 heteroatoms. The zero-order chi connectivity index (χ0) is 14.3. The molecule has 6 nitrogen and oxygen atoms in total. The number of nitrogens with zero attached hydrogens (tertiary/aromatic N) is 1. The van der Waals surface area contributed by atoms with E-state index in [1.54, 1.807) is 18.2 Å². The Morgan fingerprint density at radius 3 is 2.79 bits per heavy atom. The van der Waals surface area contributed by atoms with Crippen molar-refractivity contribution in [2.24, 2.45) is 0 Å². The van der Waals surface area contributed by atoms with E-state index in [1.165, 1.54) is 7.11 Å². The predicted molar refractivity (Wildman–Crippen MR) is 68.2 cm³/mol. The Morgan fingerprint density at radius 1 is 1.53 bits per heavy atom. The quantitative estimate of drug-likeness (QED) is 0.772. The minimum atomic E-state index is -1.02. The Labute approximate surface area is 111 Å². The van der Waals surface area contributed by atoms with Gasteiger partial charge in [-0.2, -0.15) is 5.26 Å². The molecule has 0 amide bonds. The van der Waals surface area contributed by atoms with Gasteiger partial charge in [-0.25, -0.2) is 0 Å². The van der Waals surface area contributed by atoms with E-state index in [4.69, 9.17) is 19.8 Å². The number of carboxylic acids is 1. The molecular formula is C13H16N2O4. The van der Waals surface area contributed by atoms with Crippen molar-refractivity contribution in [2.45, 2.75) is 13.0 Å². The smallest absolute Gasteiger partial charge is 0.317 e. The highest BCUT2D eigenvalue weighted by atomic mass is 16.5. The van der Waals surface area contributed by atoms with E-state index in [0.717, 1.165) is 0 Å². The second-order valence-electron chi connectivity index (χ2n) is 3.68. The number of carboxylic acid groups (broad SMARTS) is 1. The summed E-state index contributed by atoms with van der Waals surface area (Å²) in [6.45, 7) is 2.09. The molecule has 1 atom stereocenters. The van der Waals surface area contributed by atoms with Crippen molar-refractivity contribution in [1.29, 1.82) is 5.26 Å². The largest absolute Gasteiger partial charge is 0.493 e. The molecule has 1 aromatic carbocycles. The van der Waals surface area contributed by atoms with Crippen LogP contribution in [0.15, 0.2) is 18.2 Å². The number of nitriles is 1. The summed E-state index contributed by atoms with van der Waals surface area (Å²) in [5.74, 6) is 0.0820. The van der Waals surface area contributed by atoms with Crippen molar-refractivity contribution in [1.82, 2.24) is 5.32 Å². The average molecular weight is 264 g/mol. The van der Waals surface area contributed by atoms with Gasteiger partial charge in [0, 0.05) is 0 Å². The molecule has 1 rings (SSSR count). The summed E-state index contributed by atoms with van der Waals surface area (Å²) in [6.07, 6.45) is 0. The SMILES string of the molecule is CCOc1ccc(C(C#N)NCC(=O)O)cc1OC. The third kappa shape index (κ3) is 4.16. The summed E-state index contributed by atoms with van der Waals surface area (Å²) in [6, 6.07) is 6.36. The number of hydrogen-bond donors (Lipinski definition) is 2. The van der Waals surface area contributed by atoms with Crippen LogP contribution in [0.3, 0.4) is 0 Å². The van der Waals surface area contributed by atoms with Crippen LogP contribution in [0.25, 0.3) is 0 Å². The molecule has 0 aliphatic heterocycles. The summed E-state index contributed by atoms with van der Waals surface area (Å²) in [5, 5.41) is 20.3. The van der Waals surface area contributed by atoms with Crippen LogP contribution < -0.4 is 14.8 Å². The van der Waals surface area contributed by atoms with Crippen molar-refractivity contribution in [3.63, 3.8) is 0 Å². The number of rotatable bonds is 7. The van der Waals surface area contributed by atoms with Crippen LogP contribution >= 0.6 is 0 Å². The molecule has 102 valence electrons. The Hall–Kier alpha value is -2.26. The molecule has 0 aromatic heterocycles. The molecule has 0 spiro atoms. The first kappa shape index (κ1) is 14.8. The average Bonchev–Trinajstić information content (AvgIpc) is 2.40. The third-order valence-corrected chi connectivity index (χ3v) is 2.41. The summed E-state index contributed by atoms with van der Waals surface area (Å²) < 4.78 is 10.6. The lowest BCUT2D eigenvalue weighted by Crippen LogP contribution is -2.26. The minimum absolute atomic E-state index is 0.284. The van der Waals surface area contributed by atoms with Gasteiger partial charge in [0.15, 0.2) is 11.5 Å². The zero-order valence-corrected chi connectivity index (χ0v) is 10.8. The van der Waals surface area contributed by atoms with Crippen LogP contribution in [0.2, 0.25) is 0 Å². The lowest BCUT2D eigenvalue weighted by atomic mass is 10.1. The zero-order valence-electron chi connectivity index (χ0n) is 10.8. The van der Waals surface area contributed by atoms with E-state index in [2.05, 4.69) is 5.32 Å². The van der Waals surface area contributed by atoms with Crippen molar-refractivity contribution in [3.05, 3.63) is 23.8 Å². The van der Waals surface area contributed by atoms with Gasteiger partial charge >= 0.3 is 5.97 Å². The molecule has 0 heterocycles. The second kappa shape index (κ2) is 7.24. The molecule has 0 bridgehead atoms. The number of nitrogens with one attached hydrogen (secondary N) is 1. The van der Waals surface area contributed by atoms with Crippen LogP contribution in [0, 0.1) is 11.3 Å². The maximum Gasteiger partial charge on any atom is 0.317 e. The topological polar surface area (TPSA) is 91.6 Å². The number of ether oxygens (including phenoxy) is 2. The fourth-order valence-corrected chi connectivity index (χ4v) is 1.57. The standard InChI is InChI=1S/C13H16N2O4/c1-3-19-11-5-4-9(6-12(11)18-2)10(7-14)15-8-13(16)17/h4-6,10,15H,3,8H2,1-2H3,(H,16,17). The first-order valence-electron chi connectivity index (χ1n) is 5.77. The van der Waals surface area contributed by atoms with E-state index in [-0.39, 0.29) is 6.54 Å². The monoisotopic (exact) mass is 264 g/mol. The van der Waals surface area contributed by atoms with E-state index < -0.39 is 12.0 Å². The molecule has 19 heavy (non-hydrogen) atoms. The third-order valence-electron chi connectivity index (χ3n) is 2.41. The normalized spacial score (nSPS) is 11.4. The van der Waals surface area contributed by atoms with Gasteiger partial charge in [0.2, 0.25) is 0 Å². The fraction of sp³-hybridized carbons (Fsp3) is 0.385. The Morgan fingerprint density at radius 2 is 2.26 bits per heavy atom. The lowest BCUT2D eigenvalue weighted by Gasteiger charge is -2.14. The maximum atomic E-state index is 10.5. The van der Waals surface area contributed by atoms with Crippen LogP contribution in [0.4, 0.5) is 0 Å². The summed E-state index contributed by atoms with van der Waals surface area (Å²) >= 11 is 0. The van der Waals surface area contributed by atoms with Gasteiger partial charge in [-0.3, -0.25) is 10.1 Å². The molecule has 1 unspecified atom stereocenters. The van der Waals surface area contributed by atoms with Gasteiger partial charge < -0.3 is 14.6 Å². The molecule has 0 radical (unpaired) electrons. The van der Waals surface area contributed by atoms with Crippen molar-refractivity contribution in [3.8, 4) is 17.6 Å². The fourth-order valence-electron chi connectivity index (χ4n) is 1.57. The lowest BCUT2D eigenvalue weighted by molar-refractivity contribution is -0.136. The first-order valence-corrected chi connectivity index (χ1v) is 5.77. The maximum absolute atomic E-state index is 10.5. The van der Waals surface area contributed by atoms with Crippen LogP contribution in [-0.4, -0.2) is 31.3 Å². The van der Waals surface area contributed by atoms with Crippen LogP contribution in [0.5, 0.6) is 11.5 Å². The molecule has 2 N–H and O–H groups in total. The molecule has 0 saturated carbocycles.